The smallest absolute Gasteiger partial charge is 0.311 e. The van der Waals surface area contributed by atoms with Crippen LogP contribution in [0.15, 0.2) is 24.3 Å². The number of hydrogen-bond acceptors (Lipinski definition) is 3. The number of carbonyl (C=O) groups is 1. The number of aliphatic carboxylic acids is 1. The first-order chi connectivity index (χ1) is 9.25. The summed E-state index contributed by atoms with van der Waals surface area (Å²) in [6, 6.07) is 6.31. The fourth-order valence-electron chi connectivity index (χ4n) is 1.73. The Bertz CT molecular complexity index is 561. The van der Waals surface area contributed by atoms with Crippen molar-refractivity contribution in [2.75, 3.05) is 17.6 Å². The maximum absolute atomic E-state index is 11.8. The highest BCUT2D eigenvalue weighted by Gasteiger charge is 2.29. The van der Waals surface area contributed by atoms with Gasteiger partial charge in [0.1, 0.15) is 0 Å². The molecule has 2 unspecified atom stereocenters. The lowest BCUT2D eigenvalue weighted by Gasteiger charge is -2.17. The quantitative estimate of drug-likeness (QED) is 0.306. The Morgan fingerprint density at radius 1 is 1.55 bits per heavy atom. The molecular weight excluding hydrogens is 281 g/mol. The highest BCUT2D eigenvalue weighted by molar-refractivity contribution is 7.58. The van der Waals surface area contributed by atoms with Crippen LogP contribution in [0.4, 0.5) is 5.69 Å². The molecule has 0 saturated carbocycles. The van der Waals surface area contributed by atoms with Crippen LogP contribution < -0.4 is 11.1 Å². The Balaban J connectivity index is 3.06. The van der Waals surface area contributed by atoms with Gasteiger partial charge in [0.2, 0.25) is 7.37 Å². The van der Waals surface area contributed by atoms with Gasteiger partial charge in [0, 0.05) is 18.0 Å². The molecule has 1 aromatic carbocycles. The van der Waals surface area contributed by atoms with E-state index >= 15 is 0 Å². The fraction of sp³-hybridized carbons (Fsp3) is 0.333. The Hall–Kier alpha value is -1.85. The summed E-state index contributed by atoms with van der Waals surface area (Å²) in [4.78, 5) is 20.9. The highest BCUT2D eigenvalue weighted by atomic mass is 31.2. The van der Waals surface area contributed by atoms with Crippen LogP contribution in [0.1, 0.15) is 18.4 Å². The average molecular weight is 299 g/mol. The molecule has 0 saturated heterocycles. The summed E-state index contributed by atoms with van der Waals surface area (Å²) in [5.74, 6) is -2.50. The molecule has 0 aromatic heterocycles. The van der Waals surface area contributed by atoms with Gasteiger partial charge in [-0.1, -0.05) is 19.1 Å². The number of nitrogens with one attached hydrogen (secondary N) is 2. The number of rotatable bonds is 6. The summed E-state index contributed by atoms with van der Waals surface area (Å²) in [5.41, 5.74) is 6.06. The minimum absolute atomic E-state index is 0.0299. The molecule has 0 bridgehead atoms. The predicted octanol–water partition coefficient (Wildman–Crippen LogP) is 1.45. The van der Waals surface area contributed by atoms with Gasteiger partial charge in [-0.25, -0.2) is 0 Å². The topological polar surface area (TPSA) is 136 Å². The van der Waals surface area contributed by atoms with Crippen LogP contribution in [0, 0.1) is 5.41 Å². The molecule has 0 heterocycles. The van der Waals surface area contributed by atoms with E-state index in [0.29, 0.717) is 11.3 Å². The van der Waals surface area contributed by atoms with E-state index in [1.165, 1.54) is 6.07 Å². The van der Waals surface area contributed by atoms with E-state index in [-0.39, 0.29) is 18.3 Å². The van der Waals surface area contributed by atoms with E-state index in [1.54, 1.807) is 25.1 Å². The molecule has 1 rings (SSSR count). The van der Waals surface area contributed by atoms with Crippen molar-refractivity contribution in [3.63, 3.8) is 0 Å². The fourth-order valence-corrected chi connectivity index (χ4v) is 2.92. The standard InChI is InChI=1S/C12H18N3O4P/c1-2-20(18,19)7-10(11(16)17)8-4-3-5-9(6-8)15-12(13)14/h3-6,10H,2,7H2,1H3,(H,16,17)(H,18,19)(H4,13,14,15). The summed E-state index contributed by atoms with van der Waals surface area (Å²) in [6.45, 7) is 1.55. The summed E-state index contributed by atoms with van der Waals surface area (Å²) in [5, 5.41) is 18.9. The lowest BCUT2D eigenvalue weighted by molar-refractivity contribution is -0.138. The van der Waals surface area contributed by atoms with Crippen molar-refractivity contribution in [1.82, 2.24) is 0 Å². The van der Waals surface area contributed by atoms with Gasteiger partial charge in [0.15, 0.2) is 5.96 Å². The molecule has 6 N–H and O–H groups in total. The number of hydrogen-bond donors (Lipinski definition) is 5. The van der Waals surface area contributed by atoms with Gasteiger partial charge in [-0.2, -0.15) is 0 Å². The van der Waals surface area contributed by atoms with Crippen molar-refractivity contribution in [2.45, 2.75) is 12.8 Å². The Kier molecular flexibility index (Phi) is 5.30. The SMILES string of the molecule is CCP(=O)(O)CC(C(=O)O)c1cccc(NC(=N)N)c1. The lowest BCUT2D eigenvalue weighted by atomic mass is 10.0. The molecule has 0 radical (unpaired) electrons. The van der Waals surface area contributed by atoms with Gasteiger partial charge in [-0.15, -0.1) is 0 Å². The molecule has 8 heteroatoms. The van der Waals surface area contributed by atoms with Crippen LogP contribution in [0.5, 0.6) is 0 Å². The first-order valence-corrected chi connectivity index (χ1v) is 8.03. The Labute approximate surface area is 116 Å². The van der Waals surface area contributed by atoms with Gasteiger partial charge in [0.25, 0.3) is 0 Å². The van der Waals surface area contributed by atoms with Gasteiger partial charge >= 0.3 is 5.97 Å². The lowest BCUT2D eigenvalue weighted by Crippen LogP contribution is -2.21. The van der Waals surface area contributed by atoms with Gasteiger partial charge in [-0.3, -0.25) is 14.8 Å². The second-order valence-electron chi connectivity index (χ2n) is 4.40. The van der Waals surface area contributed by atoms with Crippen molar-refractivity contribution < 1.29 is 19.4 Å². The van der Waals surface area contributed by atoms with Crippen LogP contribution >= 0.6 is 7.37 Å². The summed E-state index contributed by atoms with van der Waals surface area (Å²) < 4.78 is 11.8. The second-order valence-corrected chi connectivity index (χ2v) is 7.09. The second kappa shape index (κ2) is 6.54. The van der Waals surface area contributed by atoms with E-state index in [1.807, 2.05) is 0 Å². The zero-order valence-electron chi connectivity index (χ0n) is 11.0. The molecule has 20 heavy (non-hydrogen) atoms. The van der Waals surface area contributed by atoms with E-state index in [9.17, 15) is 19.4 Å². The van der Waals surface area contributed by atoms with Gasteiger partial charge < -0.3 is 21.1 Å². The monoisotopic (exact) mass is 299 g/mol. The molecule has 2 atom stereocenters. The average Bonchev–Trinajstić information content (AvgIpc) is 2.35. The minimum atomic E-state index is -3.46. The molecule has 7 nitrogen and oxygen atoms in total. The Morgan fingerprint density at radius 3 is 2.70 bits per heavy atom. The number of carboxylic acid groups (broad SMARTS) is 1. The zero-order valence-corrected chi connectivity index (χ0v) is 11.9. The summed E-state index contributed by atoms with van der Waals surface area (Å²) in [6.07, 6.45) is -0.287. The van der Waals surface area contributed by atoms with E-state index in [0.717, 1.165) is 0 Å². The molecule has 0 aliphatic heterocycles. The third-order valence-electron chi connectivity index (χ3n) is 2.83. The highest BCUT2D eigenvalue weighted by Crippen LogP contribution is 2.44. The van der Waals surface area contributed by atoms with Crippen molar-refractivity contribution in [2.24, 2.45) is 5.73 Å². The first kappa shape index (κ1) is 16.2. The van der Waals surface area contributed by atoms with Gasteiger partial charge in [-0.05, 0) is 17.7 Å². The molecule has 0 aliphatic carbocycles. The number of guanidine groups is 1. The van der Waals surface area contributed by atoms with E-state index in [2.05, 4.69) is 5.32 Å². The number of anilines is 1. The predicted molar refractivity (Wildman–Crippen MR) is 77.6 cm³/mol. The van der Waals surface area contributed by atoms with Crippen molar-refractivity contribution in [1.29, 1.82) is 5.41 Å². The van der Waals surface area contributed by atoms with Crippen molar-refractivity contribution >= 4 is 25.0 Å². The van der Waals surface area contributed by atoms with E-state index < -0.39 is 19.3 Å². The largest absolute Gasteiger partial charge is 0.481 e. The molecule has 0 spiro atoms. The molecule has 0 aliphatic rings. The molecule has 1 aromatic rings. The number of carboxylic acids is 1. The molecule has 110 valence electrons. The number of nitrogens with two attached hydrogens (primary N) is 1. The van der Waals surface area contributed by atoms with Crippen LogP contribution in [-0.4, -0.2) is 34.3 Å². The summed E-state index contributed by atoms with van der Waals surface area (Å²) >= 11 is 0. The van der Waals surface area contributed by atoms with Crippen LogP contribution in [0.25, 0.3) is 0 Å². The summed E-state index contributed by atoms with van der Waals surface area (Å²) in [7, 11) is -3.46. The third-order valence-corrected chi connectivity index (χ3v) is 4.75. The van der Waals surface area contributed by atoms with E-state index in [4.69, 9.17) is 11.1 Å². The molecular formula is C12H18N3O4P. The molecule has 0 amide bonds. The molecule has 0 fully saturated rings. The first-order valence-electron chi connectivity index (χ1n) is 6.00. The van der Waals surface area contributed by atoms with Gasteiger partial charge in [0.05, 0.1) is 5.92 Å². The number of benzene rings is 1. The maximum Gasteiger partial charge on any atom is 0.311 e. The van der Waals surface area contributed by atoms with Crippen LogP contribution in [0.2, 0.25) is 0 Å². The van der Waals surface area contributed by atoms with Crippen LogP contribution in [0.3, 0.4) is 0 Å². The minimum Gasteiger partial charge on any atom is -0.481 e. The zero-order chi connectivity index (χ0) is 15.3. The normalized spacial score (nSPS) is 15.1. The van der Waals surface area contributed by atoms with Crippen molar-refractivity contribution in [3.05, 3.63) is 29.8 Å². The van der Waals surface area contributed by atoms with Crippen molar-refractivity contribution in [3.8, 4) is 0 Å². The maximum atomic E-state index is 11.8. The van der Waals surface area contributed by atoms with Crippen LogP contribution in [-0.2, 0) is 9.36 Å². The Morgan fingerprint density at radius 2 is 2.20 bits per heavy atom. The third kappa shape index (κ3) is 4.68.